The number of rotatable bonds is 2. The van der Waals surface area contributed by atoms with E-state index in [1.54, 1.807) is 0 Å². The zero-order valence-electron chi connectivity index (χ0n) is 15.5. The lowest BCUT2D eigenvalue weighted by molar-refractivity contribution is -0.127. The van der Waals surface area contributed by atoms with E-state index >= 15 is 0 Å². The first-order chi connectivity index (χ1) is 12.9. The molecule has 1 aromatic carbocycles. The fourth-order valence-electron chi connectivity index (χ4n) is 5.24. The summed E-state index contributed by atoms with van der Waals surface area (Å²) < 4.78 is 0. The van der Waals surface area contributed by atoms with Crippen LogP contribution in [0.4, 0.5) is 10.5 Å². The highest BCUT2D eigenvalue weighted by atomic mass is 16.2. The smallest absolute Gasteiger partial charge is 0.321 e. The molecule has 1 saturated heterocycles. The maximum absolute atomic E-state index is 12.6. The Morgan fingerprint density at radius 1 is 1.26 bits per heavy atom. The number of nitrogens with zero attached hydrogens (tertiary/aromatic N) is 2. The Bertz CT molecular complexity index is 883. The van der Waals surface area contributed by atoms with Crippen molar-refractivity contribution in [2.75, 3.05) is 19.0 Å². The summed E-state index contributed by atoms with van der Waals surface area (Å²) in [6.07, 6.45) is 2.41. The van der Waals surface area contributed by atoms with Gasteiger partial charge in [0.2, 0.25) is 5.91 Å². The first-order valence-electron chi connectivity index (χ1n) is 9.19. The van der Waals surface area contributed by atoms with Crippen molar-refractivity contribution in [3.05, 3.63) is 41.1 Å². The molecule has 2 aliphatic carbocycles. The van der Waals surface area contributed by atoms with Crippen LogP contribution in [0.2, 0.25) is 0 Å². The molecular weight excluding hydrogens is 342 g/mol. The summed E-state index contributed by atoms with van der Waals surface area (Å²) in [5.41, 5.74) is 8.45. The fourth-order valence-corrected chi connectivity index (χ4v) is 5.24. The molecule has 3 amide bonds. The summed E-state index contributed by atoms with van der Waals surface area (Å²) >= 11 is 0. The fraction of sp³-hybridized carbons (Fsp3) is 0.450. The lowest BCUT2D eigenvalue weighted by Crippen LogP contribution is -2.71. The van der Waals surface area contributed by atoms with Crippen molar-refractivity contribution < 1.29 is 9.59 Å². The third-order valence-corrected chi connectivity index (χ3v) is 6.35. The van der Waals surface area contributed by atoms with Crippen molar-refractivity contribution in [1.82, 2.24) is 10.6 Å². The summed E-state index contributed by atoms with van der Waals surface area (Å²) in [7, 11) is 3.95. The average Bonchev–Trinajstić information content (AvgIpc) is 3.02. The molecule has 7 nitrogen and oxygen atoms in total. The summed E-state index contributed by atoms with van der Waals surface area (Å²) in [4.78, 5) is 26.7. The van der Waals surface area contributed by atoms with Gasteiger partial charge in [-0.2, -0.15) is 5.26 Å². The van der Waals surface area contributed by atoms with Gasteiger partial charge < -0.3 is 16.0 Å². The SMILES string of the molecule is CN(C)c1ccc([C@@H]2C(C#N)=C(N)[C@H]3C(=O)NC(=O)N[C@]34CCC[C@@H]24)cc1. The van der Waals surface area contributed by atoms with Gasteiger partial charge in [-0.1, -0.05) is 18.6 Å². The Morgan fingerprint density at radius 3 is 2.59 bits per heavy atom. The van der Waals surface area contributed by atoms with Gasteiger partial charge in [0.05, 0.1) is 17.2 Å². The van der Waals surface area contributed by atoms with E-state index in [-0.39, 0.29) is 17.5 Å². The number of benzene rings is 1. The van der Waals surface area contributed by atoms with Crippen LogP contribution in [-0.4, -0.2) is 31.6 Å². The predicted octanol–water partition coefficient (Wildman–Crippen LogP) is 1.58. The molecule has 27 heavy (non-hydrogen) atoms. The summed E-state index contributed by atoms with van der Waals surface area (Å²) in [6.45, 7) is 0. The second kappa shape index (κ2) is 6.02. The molecule has 1 aliphatic heterocycles. The maximum Gasteiger partial charge on any atom is 0.321 e. The second-order valence-corrected chi connectivity index (χ2v) is 7.86. The Hall–Kier alpha value is -3.01. The van der Waals surface area contributed by atoms with Crippen molar-refractivity contribution in [2.45, 2.75) is 30.7 Å². The molecule has 7 heteroatoms. The van der Waals surface area contributed by atoms with Crippen LogP contribution in [0, 0.1) is 23.2 Å². The Morgan fingerprint density at radius 2 is 1.96 bits per heavy atom. The molecule has 1 saturated carbocycles. The van der Waals surface area contributed by atoms with Gasteiger partial charge in [-0.05, 0) is 36.5 Å². The van der Waals surface area contributed by atoms with Crippen LogP contribution in [0.3, 0.4) is 0 Å². The van der Waals surface area contributed by atoms with Gasteiger partial charge in [-0.15, -0.1) is 0 Å². The Balaban J connectivity index is 1.87. The van der Waals surface area contributed by atoms with E-state index < -0.39 is 23.4 Å². The van der Waals surface area contributed by atoms with Gasteiger partial charge >= 0.3 is 6.03 Å². The molecule has 4 atom stereocenters. The zero-order valence-corrected chi connectivity index (χ0v) is 15.5. The number of allylic oxidation sites excluding steroid dienone is 1. The molecule has 0 aromatic heterocycles. The molecule has 4 N–H and O–H groups in total. The normalized spacial score (nSPS) is 32.1. The first-order valence-corrected chi connectivity index (χ1v) is 9.19. The minimum atomic E-state index is -0.714. The maximum atomic E-state index is 12.6. The van der Waals surface area contributed by atoms with Crippen LogP contribution in [0.1, 0.15) is 30.7 Å². The molecule has 0 unspecified atom stereocenters. The van der Waals surface area contributed by atoms with Crippen molar-refractivity contribution in [3.8, 4) is 6.07 Å². The monoisotopic (exact) mass is 365 g/mol. The highest BCUT2D eigenvalue weighted by molar-refractivity contribution is 6.01. The number of nitriles is 1. The second-order valence-electron chi connectivity index (χ2n) is 7.86. The molecule has 3 aliphatic rings. The van der Waals surface area contributed by atoms with Crippen LogP contribution < -0.4 is 21.3 Å². The molecule has 1 spiro atoms. The Kier molecular flexibility index (Phi) is 3.88. The average molecular weight is 365 g/mol. The highest BCUT2D eigenvalue weighted by Crippen LogP contribution is 2.56. The molecule has 0 bridgehead atoms. The number of nitrogens with two attached hydrogens (primary N) is 1. The number of hydrogen-bond acceptors (Lipinski definition) is 5. The number of carbonyl (C=O) groups excluding carboxylic acids is 2. The topological polar surface area (TPSA) is 111 Å². The van der Waals surface area contributed by atoms with E-state index in [1.807, 2.05) is 43.3 Å². The van der Waals surface area contributed by atoms with Crippen molar-refractivity contribution >= 4 is 17.6 Å². The minimum Gasteiger partial charge on any atom is -0.400 e. The molecule has 1 aromatic rings. The number of nitrogens with one attached hydrogen (secondary N) is 2. The lowest BCUT2D eigenvalue weighted by Gasteiger charge is -2.51. The van der Waals surface area contributed by atoms with E-state index in [0.717, 1.165) is 24.1 Å². The van der Waals surface area contributed by atoms with Crippen LogP contribution >= 0.6 is 0 Å². The largest absolute Gasteiger partial charge is 0.400 e. The van der Waals surface area contributed by atoms with Gasteiger partial charge in [-0.25, -0.2) is 4.79 Å². The van der Waals surface area contributed by atoms with Gasteiger partial charge in [0.25, 0.3) is 0 Å². The zero-order chi connectivity index (χ0) is 19.3. The summed E-state index contributed by atoms with van der Waals surface area (Å²) in [5.74, 6) is -1.35. The molecular formula is C20H23N5O2. The van der Waals surface area contributed by atoms with Gasteiger partial charge in [0.15, 0.2) is 0 Å². The predicted molar refractivity (Wildman–Crippen MR) is 101 cm³/mol. The number of imide groups is 1. The van der Waals surface area contributed by atoms with E-state index in [2.05, 4.69) is 16.7 Å². The number of hydrogen-bond donors (Lipinski definition) is 3. The van der Waals surface area contributed by atoms with Crippen molar-refractivity contribution in [3.63, 3.8) is 0 Å². The van der Waals surface area contributed by atoms with Gasteiger partial charge in [0, 0.05) is 31.4 Å². The first kappa shape index (κ1) is 17.4. The number of carbonyl (C=O) groups is 2. The molecule has 140 valence electrons. The molecule has 2 fully saturated rings. The van der Waals surface area contributed by atoms with Crippen LogP contribution in [-0.2, 0) is 4.79 Å². The van der Waals surface area contributed by atoms with Crippen molar-refractivity contribution in [1.29, 1.82) is 5.26 Å². The van der Waals surface area contributed by atoms with E-state index in [0.29, 0.717) is 12.0 Å². The van der Waals surface area contributed by atoms with Crippen LogP contribution in [0.15, 0.2) is 35.5 Å². The molecule has 1 heterocycles. The third kappa shape index (κ3) is 2.40. The number of urea groups is 1. The molecule has 4 rings (SSSR count). The quantitative estimate of drug-likeness (QED) is 0.737. The highest BCUT2D eigenvalue weighted by Gasteiger charge is 2.61. The lowest BCUT2D eigenvalue weighted by atomic mass is 9.60. The van der Waals surface area contributed by atoms with Gasteiger partial charge in [0.1, 0.15) is 5.92 Å². The van der Waals surface area contributed by atoms with Gasteiger partial charge in [-0.3, -0.25) is 10.1 Å². The molecule has 0 radical (unpaired) electrons. The van der Waals surface area contributed by atoms with E-state index in [9.17, 15) is 14.9 Å². The minimum absolute atomic E-state index is 0.0374. The van der Waals surface area contributed by atoms with Crippen molar-refractivity contribution in [2.24, 2.45) is 17.6 Å². The third-order valence-electron chi connectivity index (χ3n) is 6.35. The van der Waals surface area contributed by atoms with E-state index in [1.165, 1.54) is 0 Å². The van der Waals surface area contributed by atoms with E-state index in [4.69, 9.17) is 5.73 Å². The van der Waals surface area contributed by atoms with Crippen LogP contribution in [0.5, 0.6) is 0 Å². The standard InChI is InChI=1S/C20H23N5O2/c1-25(2)12-7-5-11(6-8-12)15-13(10-21)17(22)16-18(26)23-19(27)24-20(16)9-3-4-14(15)20/h5-8,14-16H,3-4,9,22H2,1-2H3,(H2,23,24,26,27)/t14-,15+,16-,20-/m0/s1. The Labute approximate surface area is 158 Å². The summed E-state index contributed by atoms with van der Waals surface area (Å²) in [6, 6.07) is 9.85. The number of anilines is 1. The summed E-state index contributed by atoms with van der Waals surface area (Å²) in [5, 5.41) is 15.2. The number of amides is 3. The van der Waals surface area contributed by atoms with Crippen LogP contribution in [0.25, 0.3) is 0 Å².